The molecule has 2 rings (SSSR count). The fourth-order valence-electron chi connectivity index (χ4n) is 2.26. The molecule has 2 unspecified atom stereocenters. The highest BCUT2D eigenvalue weighted by Gasteiger charge is 2.35. The predicted octanol–water partition coefficient (Wildman–Crippen LogP) is 0.968. The van der Waals surface area contributed by atoms with Crippen LogP contribution in [0.3, 0.4) is 0 Å². The second kappa shape index (κ2) is 7.57. The van der Waals surface area contributed by atoms with Crippen molar-refractivity contribution < 1.29 is 19.4 Å². The zero-order valence-electron chi connectivity index (χ0n) is 12.2. The third kappa shape index (κ3) is 3.83. The van der Waals surface area contributed by atoms with Crippen LogP contribution < -0.4 is 0 Å². The Morgan fingerprint density at radius 3 is 2.67 bits per heavy atom. The molecule has 0 saturated carbocycles. The van der Waals surface area contributed by atoms with E-state index in [1.807, 2.05) is 5.38 Å². The molecule has 0 aliphatic carbocycles. The molecule has 1 aromatic rings. The van der Waals surface area contributed by atoms with Gasteiger partial charge in [-0.15, -0.1) is 11.3 Å². The molecule has 0 radical (unpaired) electrons. The van der Waals surface area contributed by atoms with Crippen molar-refractivity contribution in [1.29, 1.82) is 0 Å². The van der Waals surface area contributed by atoms with Gasteiger partial charge in [0.25, 0.3) is 5.91 Å². The van der Waals surface area contributed by atoms with Crippen LogP contribution in [0.4, 0.5) is 0 Å². The fraction of sp³-hybridized carbons (Fsp3) is 0.533. The Bertz CT molecular complexity index is 533. The van der Waals surface area contributed by atoms with Gasteiger partial charge in [0.2, 0.25) is 0 Å². The molecule has 1 saturated heterocycles. The Balaban J connectivity index is 2.03. The molecule has 1 fully saturated rings. The molecule has 1 aliphatic rings. The third-order valence-electron chi connectivity index (χ3n) is 3.40. The van der Waals surface area contributed by atoms with Crippen molar-refractivity contribution in [2.75, 3.05) is 33.9 Å². The second-order valence-electron chi connectivity index (χ2n) is 4.73. The van der Waals surface area contributed by atoms with E-state index in [0.717, 1.165) is 4.88 Å². The number of aliphatic hydroxyl groups is 1. The standard InChI is InChI=1S/C15H19NO4S/c1-19-13-8-16(9-14(13)20-2)15(18)11-7-12(21-10-11)5-3-4-6-17/h7,10,13-14,17H,4,6,8-9H2,1-2H3. The molecule has 0 spiro atoms. The topological polar surface area (TPSA) is 59.0 Å². The van der Waals surface area contributed by atoms with E-state index >= 15 is 0 Å². The number of nitrogens with zero attached hydrogens (tertiary/aromatic N) is 1. The summed E-state index contributed by atoms with van der Waals surface area (Å²) in [5.74, 6) is 5.77. The molecule has 2 heterocycles. The van der Waals surface area contributed by atoms with Crippen molar-refractivity contribution >= 4 is 17.2 Å². The molecular weight excluding hydrogens is 290 g/mol. The molecule has 1 aliphatic heterocycles. The molecule has 5 nitrogen and oxygen atoms in total. The Labute approximate surface area is 128 Å². The molecule has 1 aromatic heterocycles. The van der Waals surface area contributed by atoms with Crippen LogP contribution in [0, 0.1) is 11.8 Å². The van der Waals surface area contributed by atoms with Gasteiger partial charge in [-0.3, -0.25) is 4.79 Å². The van der Waals surface area contributed by atoms with Crippen LogP contribution in [0.15, 0.2) is 11.4 Å². The van der Waals surface area contributed by atoms with E-state index in [1.165, 1.54) is 11.3 Å². The number of amides is 1. The maximum absolute atomic E-state index is 12.4. The first-order valence-corrected chi connectivity index (χ1v) is 7.60. The van der Waals surface area contributed by atoms with E-state index < -0.39 is 0 Å². The van der Waals surface area contributed by atoms with Gasteiger partial charge in [0.1, 0.15) is 12.2 Å². The summed E-state index contributed by atoms with van der Waals surface area (Å²) in [5.41, 5.74) is 0.639. The van der Waals surface area contributed by atoms with E-state index in [9.17, 15) is 4.79 Å². The molecule has 114 valence electrons. The number of rotatable bonds is 4. The Kier molecular flexibility index (Phi) is 5.76. The smallest absolute Gasteiger partial charge is 0.254 e. The van der Waals surface area contributed by atoms with Gasteiger partial charge in [-0.25, -0.2) is 0 Å². The number of hydrogen-bond acceptors (Lipinski definition) is 5. The van der Waals surface area contributed by atoms with Gasteiger partial charge >= 0.3 is 0 Å². The molecule has 2 atom stereocenters. The number of thiophene rings is 1. The van der Waals surface area contributed by atoms with Crippen LogP contribution >= 0.6 is 11.3 Å². The number of methoxy groups -OCH3 is 2. The van der Waals surface area contributed by atoms with Gasteiger partial charge in [0.05, 0.1) is 17.0 Å². The van der Waals surface area contributed by atoms with Gasteiger partial charge in [0, 0.05) is 39.1 Å². The van der Waals surface area contributed by atoms with Gasteiger partial charge in [-0.1, -0.05) is 11.8 Å². The van der Waals surface area contributed by atoms with Crippen LogP contribution in [-0.2, 0) is 9.47 Å². The van der Waals surface area contributed by atoms with Crippen molar-refractivity contribution in [3.8, 4) is 11.8 Å². The van der Waals surface area contributed by atoms with E-state index in [1.54, 1.807) is 25.2 Å². The monoisotopic (exact) mass is 309 g/mol. The molecular formula is C15H19NO4S. The summed E-state index contributed by atoms with van der Waals surface area (Å²) in [6, 6.07) is 1.79. The number of carbonyl (C=O) groups excluding carboxylic acids is 1. The average molecular weight is 309 g/mol. The number of likely N-dealkylation sites (tertiary alicyclic amines) is 1. The van der Waals surface area contributed by atoms with Gasteiger partial charge in [0.15, 0.2) is 0 Å². The third-order valence-corrected chi connectivity index (χ3v) is 4.25. The largest absolute Gasteiger partial charge is 0.395 e. The Hall–Kier alpha value is -1.39. The quantitative estimate of drug-likeness (QED) is 0.842. The Morgan fingerprint density at radius 1 is 1.43 bits per heavy atom. The van der Waals surface area contributed by atoms with E-state index in [2.05, 4.69) is 11.8 Å². The molecule has 1 amide bonds. The molecule has 0 bridgehead atoms. The molecule has 1 N–H and O–H groups in total. The lowest BCUT2D eigenvalue weighted by molar-refractivity contribution is -0.00461. The lowest BCUT2D eigenvalue weighted by Crippen LogP contribution is -2.29. The summed E-state index contributed by atoms with van der Waals surface area (Å²) in [6.45, 7) is 1.12. The van der Waals surface area contributed by atoms with Crippen LogP contribution in [-0.4, -0.2) is 62.0 Å². The highest BCUT2D eigenvalue weighted by molar-refractivity contribution is 7.10. The summed E-state index contributed by atoms with van der Waals surface area (Å²) in [6.07, 6.45) is 0.279. The molecule has 6 heteroatoms. The van der Waals surface area contributed by atoms with E-state index in [4.69, 9.17) is 14.6 Å². The average Bonchev–Trinajstić information content (AvgIpc) is 3.13. The summed E-state index contributed by atoms with van der Waals surface area (Å²) >= 11 is 1.43. The summed E-state index contributed by atoms with van der Waals surface area (Å²) in [5, 5.41) is 10.5. The van der Waals surface area contributed by atoms with Crippen LogP contribution in [0.1, 0.15) is 21.7 Å². The lowest BCUT2D eigenvalue weighted by Gasteiger charge is -2.14. The van der Waals surface area contributed by atoms with Crippen LogP contribution in [0.2, 0.25) is 0 Å². The summed E-state index contributed by atoms with van der Waals surface area (Å²) in [4.78, 5) is 15.0. The predicted molar refractivity (Wildman–Crippen MR) is 80.4 cm³/mol. The first kappa shape index (κ1) is 16.0. The van der Waals surface area contributed by atoms with Gasteiger partial charge in [-0.2, -0.15) is 0 Å². The number of hydrogen-bond donors (Lipinski definition) is 1. The van der Waals surface area contributed by atoms with E-state index in [0.29, 0.717) is 25.1 Å². The lowest BCUT2D eigenvalue weighted by atomic mass is 10.2. The second-order valence-corrected chi connectivity index (χ2v) is 5.64. The van der Waals surface area contributed by atoms with E-state index in [-0.39, 0.29) is 24.7 Å². The van der Waals surface area contributed by atoms with Crippen molar-refractivity contribution in [2.24, 2.45) is 0 Å². The maximum Gasteiger partial charge on any atom is 0.254 e. The zero-order valence-corrected chi connectivity index (χ0v) is 13.0. The van der Waals surface area contributed by atoms with Crippen LogP contribution in [0.25, 0.3) is 0 Å². The van der Waals surface area contributed by atoms with Crippen molar-refractivity contribution in [2.45, 2.75) is 18.6 Å². The minimum absolute atomic E-state index is 0.0249. The SMILES string of the molecule is COC1CN(C(=O)c2csc(C#CCCO)c2)CC1OC. The minimum Gasteiger partial charge on any atom is -0.395 e. The number of aliphatic hydroxyl groups excluding tert-OH is 1. The minimum atomic E-state index is -0.0820. The fourth-order valence-corrected chi connectivity index (χ4v) is 3.01. The van der Waals surface area contributed by atoms with Crippen molar-refractivity contribution in [3.05, 3.63) is 21.9 Å². The first-order chi connectivity index (χ1) is 10.2. The first-order valence-electron chi connectivity index (χ1n) is 6.72. The molecule has 21 heavy (non-hydrogen) atoms. The summed E-state index contributed by atoms with van der Waals surface area (Å²) in [7, 11) is 3.26. The normalized spacial score (nSPS) is 21.2. The zero-order chi connectivity index (χ0) is 15.2. The molecule has 0 aromatic carbocycles. The summed E-state index contributed by atoms with van der Waals surface area (Å²) < 4.78 is 10.7. The maximum atomic E-state index is 12.4. The van der Waals surface area contributed by atoms with Gasteiger partial charge in [-0.05, 0) is 6.07 Å². The Morgan fingerprint density at radius 2 is 2.10 bits per heavy atom. The van der Waals surface area contributed by atoms with Crippen LogP contribution in [0.5, 0.6) is 0 Å². The highest BCUT2D eigenvalue weighted by atomic mass is 32.1. The number of ether oxygens (including phenoxy) is 2. The highest BCUT2D eigenvalue weighted by Crippen LogP contribution is 2.21. The van der Waals surface area contributed by atoms with Crippen molar-refractivity contribution in [1.82, 2.24) is 4.90 Å². The van der Waals surface area contributed by atoms with Gasteiger partial charge < -0.3 is 19.5 Å². The number of carbonyl (C=O) groups is 1. The van der Waals surface area contributed by atoms with Crippen molar-refractivity contribution in [3.63, 3.8) is 0 Å².